The third-order valence-corrected chi connectivity index (χ3v) is 4.07. The maximum absolute atomic E-state index is 12.4. The van der Waals surface area contributed by atoms with Crippen LogP contribution in [0, 0.1) is 5.92 Å². The molecule has 1 aromatic rings. The lowest BCUT2D eigenvalue weighted by molar-refractivity contribution is -0.138. The van der Waals surface area contributed by atoms with E-state index in [0.717, 1.165) is 5.56 Å². The highest BCUT2D eigenvalue weighted by Gasteiger charge is 2.37. The van der Waals surface area contributed by atoms with Crippen molar-refractivity contribution in [3.8, 4) is 11.5 Å². The largest absolute Gasteiger partial charge is 0.493 e. The number of amides is 1. The molecule has 2 atom stereocenters. The first-order chi connectivity index (χ1) is 10.5. The standard InChI is InChI=1S/C17H26N2O3/c1-11(2)10-19-15(20)9-8-13(18)16(19)12-6-5-7-14(21-3)17(12)22-4/h5-7,11,13,16H,8-10,18H2,1-4H3. The predicted octanol–water partition coefficient (Wildman–Crippen LogP) is 2.35. The van der Waals surface area contributed by atoms with Gasteiger partial charge in [-0.2, -0.15) is 0 Å². The monoisotopic (exact) mass is 306 g/mol. The van der Waals surface area contributed by atoms with Crippen LogP contribution in [-0.2, 0) is 4.79 Å². The number of para-hydroxylation sites is 1. The van der Waals surface area contributed by atoms with E-state index in [9.17, 15) is 4.79 Å². The van der Waals surface area contributed by atoms with Crippen molar-refractivity contribution in [1.82, 2.24) is 4.90 Å². The van der Waals surface area contributed by atoms with Gasteiger partial charge in [-0.25, -0.2) is 0 Å². The minimum Gasteiger partial charge on any atom is -0.493 e. The van der Waals surface area contributed by atoms with Gasteiger partial charge in [0.25, 0.3) is 0 Å². The van der Waals surface area contributed by atoms with Crippen molar-refractivity contribution in [2.24, 2.45) is 11.7 Å². The van der Waals surface area contributed by atoms with Gasteiger partial charge < -0.3 is 20.1 Å². The van der Waals surface area contributed by atoms with Crippen LogP contribution < -0.4 is 15.2 Å². The van der Waals surface area contributed by atoms with Crippen LogP contribution in [0.25, 0.3) is 0 Å². The zero-order valence-corrected chi connectivity index (χ0v) is 13.8. The molecule has 0 aliphatic carbocycles. The number of nitrogens with two attached hydrogens (primary N) is 1. The third kappa shape index (κ3) is 3.19. The number of rotatable bonds is 5. The van der Waals surface area contributed by atoms with Crippen molar-refractivity contribution in [2.45, 2.75) is 38.8 Å². The van der Waals surface area contributed by atoms with E-state index < -0.39 is 0 Å². The molecular weight excluding hydrogens is 280 g/mol. The van der Waals surface area contributed by atoms with Crippen LogP contribution in [0.15, 0.2) is 18.2 Å². The Kier molecular flexibility index (Phi) is 5.29. The van der Waals surface area contributed by atoms with E-state index in [1.807, 2.05) is 23.1 Å². The van der Waals surface area contributed by atoms with E-state index in [-0.39, 0.29) is 18.0 Å². The molecule has 2 N–H and O–H groups in total. The molecule has 1 heterocycles. The number of hydrogen-bond donors (Lipinski definition) is 1. The average molecular weight is 306 g/mol. The highest BCUT2D eigenvalue weighted by Crippen LogP contribution is 2.40. The van der Waals surface area contributed by atoms with Crippen molar-refractivity contribution in [3.63, 3.8) is 0 Å². The van der Waals surface area contributed by atoms with Crippen molar-refractivity contribution in [1.29, 1.82) is 0 Å². The van der Waals surface area contributed by atoms with Crippen molar-refractivity contribution < 1.29 is 14.3 Å². The second kappa shape index (κ2) is 7.01. The van der Waals surface area contributed by atoms with Gasteiger partial charge in [0, 0.05) is 24.6 Å². The summed E-state index contributed by atoms with van der Waals surface area (Å²) in [5, 5.41) is 0. The zero-order chi connectivity index (χ0) is 16.3. The molecule has 5 nitrogen and oxygen atoms in total. The molecule has 0 radical (unpaired) electrons. The Balaban J connectivity index is 2.47. The normalized spacial score (nSPS) is 22.1. The molecule has 122 valence electrons. The second-order valence-corrected chi connectivity index (χ2v) is 6.17. The minimum atomic E-state index is -0.173. The Bertz CT molecular complexity index is 531. The number of piperidine rings is 1. The summed E-state index contributed by atoms with van der Waals surface area (Å²) in [6.07, 6.45) is 1.20. The van der Waals surface area contributed by atoms with Gasteiger partial charge in [-0.3, -0.25) is 4.79 Å². The van der Waals surface area contributed by atoms with Crippen LogP contribution in [-0.4, -0.2) is 37.6 Å². The lowest BCUT2D eigenvalue weighted by atomic mass is 9.89. The lowest BCUT2D eigenvalue weighted by Crippen LogP contribution is -2.50. The zero-order valence-electron chi connectivity index (χ0n) is 13.8. The lowest BCUT2D eigenvalue weighted by Gasteiger charge is -2.41. The minimum absolute atomic E-state index is 0.0996. The Morgan fingerprint density at radius 2 is 2.05 bits per heavy atom. The van der Waals surface area contributed by atoms with E-state index in [1.54, 1.807) is 14.2 Å². The summed E-state index contributed by atoms with van der Waals surface area (Å²) in [6.45, 7) is 4.90. The molecular formula is C17H26N2O3. The number of carbonyl (C=O) groups excluding carboxylic acids is 1. The van der Waals surface area contributed by atoms with Gasteiger partial charge in [0.15, 0.2) is 11.5 Å². The first kappa shape index (κ1) is 16.6. The number of likely N-dealkylation sites (tertiary alicyclic amines) is 1. The Labute approximate surface area is 132 Å². The van der Waals surface area contributed by atoms with Gasteiger partial charge >= 0.3 is 0 Å². The van der Waals surface area contributed by atoms with Gasteiger partial charge in [0.1, 0.15) is 0 Å². The van der Waals surface area contributed by atoms with Crippen LogP contribution in [0.4, 0.5) is 0 Å². The summed E-state index contributed by atoms with van der Waals surface area (Å²) >= 11 is 0. The molecule has 0 bridgehead atoms. The highest BCUT2D eigenvalue weighted by atomic mass is 16.5. The quantitative estimate of drug-likeness (QED) is 0.907. The van der Waals surface area contributed by atoms with Crippen molar-refractivity contribution >= 4 is 5.91 Å². The molecule has 2 unspecified atom stereocenters. The van der Waals surface area contributed by atoms with Crippen LogP contribution in [0.1, 0.15) is 38.3 Å². The fourth-order valence-electron chi connectivity index (χ4n) is 3.13. The van der Waals surface area contributed by atoms with Crippen LogP contribution in [0.5, 0.6) is 11.5 Å². The number of carbonyl (C=O) groups is 1. The molecule has 1 amide bonds. The molecule has 1 aliphatic rings. The number of benzene rings is 1. The molecule has 1 saturated heterocycles. The first-order valence-electron chi connectivity index (χ1n) is 7.75. The van der Waals surface area contributed by atoms with E-state index >= 15 is 0 Å². The van der Waals surface area contributed by atoms with Crippen LogP contribution in [0.2, 0.25) is 0 Å². The number of hydrogen-bond acceptors (Lipinski definition) is 4. The van der Waals surface area contributed by atoms with E-state index in [2.05, 4.69) is 13.8 Å². The summed E-state index contributed by atoms with van der Waals surface area (Å²) in [5.41, 5.74) is 7.28. The summed E-state index contributed by atoms with van der Waals surface area (Å²) < 4.78 is 10.9. The SMILES string of the molecule is COc1cccc(C2C(N)CCC(=O)N2CC(C)C)c1OC. The molecule has 1 aliphatic heterocycles. The molecule has 22 heavy (non-hydrogen) atoms. The van der Waals surface area contributed by atoms with Gasteiger partial charge in [-0.1, -0.05) is 26.0 Å². The Hall–Kier alpha value is -1.75. The molecule has 1 aromatic carbocycles. The molecule has 0 saturated carbocycles. The number of nitrogens with zero attached hydrogens (tertiary/aromatic N) is 1. The van der Waals surface area contributed by atoms with Crippen molar-refractivity contribution in [2.75, 3.05) is 20.8 Å². The molecule has 2 rings (SSSR count). The van der Waals surface area contributed by atoms with Gasteiger partial charge in [-0.15, -0.1) is 0 Å². The average Bonchev–Trinajstić information content (AvgIpc) is 2.50. The molecule has 5 heteroatoms. The summed E-state index contributed by atoms with van der Waals surface area (Å²) in [7, 11) is 3.23. The topological polar surface area (TPSA) is 64.8 Å². The summed E-state index contributed by atoms with van der Waals surface area (Å²) in [4.78, 5) is 14.3. The molecule has 0 spiro atoms. The number of ether oxygens (including phenoxy) is 2. The van der Waals surface area contributed by atoms with Gasteiger partial charge in [0.05, 0.1) is 20.3 Å². The number of methoxy groups -OCH3 is 2. The van der Waals surface area contributed by atoms with Gasteiger partial charge in [-0.05, 0) is 18.4 Å². The first-order valence-corrected chi connectivity index (χ1v) is 7.75. The Morgan fingerprint density at radius 1 is 1.32 bits per heavy atom. The van der Waals surface area contributed by atoms with Crippen LogP contribution >= 0.6 is 0 Å². The molecule has 0 aromatic heterocycles. The van der Waals surface area contributed by atoms with Crippen LogP contribution in [0.3, 0.4) is 0 Å². The van der Waals surface area contributed by atoms with Gasteiger partial charge in [0.2, 0.25) is 5.91 Å². The fourth-order valence-corrected chi connectivity index (χ4v) is 3.13. The highest BCUT2D eigenvalue weighted by molar-refractivity contribution is 5.78. The summed E-state index contributed by atoms with van der Waals surface area (Å²) in [6, 6.07) is 5.46. The predicted molar refractivity (Wildman–Crippen MR) is 86.0 cm³/mol. The van der Waals surface area contributed by atoms with E-state index in [1.165, 1.54) is 0 Å². The second-order valence-electron chi connectivity index (χ2n) is 6.17. The van der Waals surface area contributed by atoms with E-state index in [4.69, 9.17) is 15.2 Å². The smallest absolute Gasteiger partial charge is 0.223 e. The Morgan fingerprint density at radius 3 is 2.64 bits per heavy atom. The summed E-state index contributed by atoms with van der Waals surface area (Å²) in [5.74, 6) is 1.86. The third-order valence-electron chi connectivity index (χ3n) is 4.07. The molecule has 1 fully saturated rings. The fraction of sp³-hybridized carbons (Fsp3) is 0.588. The maximum atomic E-state index is 12.4. The van der Waals surface area contributed by atoms with Crippen molar-refractivity contribution in [3.05, 3.63) is 23.8 Å². The van der Waals surface area contributed by atoms with E-state index in [0.29, 0.717) is 36.8 Å². The maximum Gasteiger partial charge on any atom is 0.223 e.